The van der Waals surface area contributed by atoms with Crippen molar-refractivity contribution in [2.75, 3.05) is 26.2 Å². The molecule has 1 aromatic heterocycles. The number of rotatable bonds is 5. The maximum Gasteiger partial charge on any atom is 0.254 e. The Morgan fingerprint density at radius 1 is 0.969 bits per heavy atom. The predicted molar refractivity (Wildman–Crippen MR) is 128 cm³/mol. The molecule has 5 heteroatoms. The zero-order valence-corrected chi connectivity index (χ0v) is 18.9. The van der Waals surface area contributed by atoms with E-state index in [0.29, 0.717) is 5.82 Å². The summed E-state index contributed by atoms with van der Waals surface area (Å²) in [6, 6.07) is 19.0. The highest BCUT2D eigenvalue weighted by Gasteiger charge is 2.26. The van der Waals surface area contributed by atoms with Crippen LogP contribution in [0, 0.1) is 12.8 Å². The standard InChI is InChI=1S/C27H32N4O/c1-20-7-9-23(10-8-20)26-28-25-19-31(16-13-24(25)27(32)29-26)18-22-11-14-30(15-12-22)17-21-5-3-2-4-6-21/h2-10,22H,11-19H2,1H3,(H,28,29,32). The third-order valence-corrected chi connectivity index (χ3v) is 6.95. The average Bonchev–Trinajstić information content (AvgIpc) is 2.81. The van der Waals surface area contributed by atoms with Crippen molar-refractivity contribution in [3.63, 3.8) is 0 Å². The lowest BCUT2D eigenvalue weighted by atomic mass is 9.94. The van der Waals surface area contributed by atoms with E-state index in [1.807, 2.05) is 12.1 Å². The molecule has 0 radical (unpaired) electrons. The monoisotopic (exact) mass is 428 g/mol. The van der Waals surface area contributed by atoms with Gasteiger partial charge in [0.15, 0.2) is 0 Å². The van der Waals surface area contributed by atoms with Crippen molar-refractivity contribution in [1.29, 1.82) is 0 Å². The Morgan fingerprint density at radius 3 is 2.47 bits per heavy atom. The third kappa shape index (κ3) is 4.84. The van der Waals surface area contributed by atoms with Crippen LogP contribution < -0.4 is 5.56 Å². The Kier molecular flexibility index (Phi) is 6.19. The number of nitrogens with one attached hydrogen (secondary N) is 1. The Bertz CT molecular complexity index is 1100. The number of piperidine rings is 1. The summed E-state index contributed by atoms with van der Waals surface area (Å²) in [5.74, 6) is 1.41. The van der Waals surface area contributed by atoms with Crippen molar-refractivity contribution >= 4 is 0 Å². The first-order chi connectivity index (χ1) is 15.6. The largest absolute Gasteiger partial charge is 0.306 e. The molecular formula is C27H32N4O. The maximum atomic E-state index is 12.7. The van der Waals surface area contributed by atoms with Gasteiger partial charge in [0.25, 0.3) is 5.56 Å². The van der Waals surface area contributed by atoms with E-state index in [4.69, 9.17) is 4.98 Å². The van der Waals surface area contributed by atoms with E-state index in [9.17, 15) is 4.79 Å². The molecule has 2 aromatic carbocycles. The van der Waals surface area contributed by atoms with Crippen LogP contribution in [0.3, 0.4) is 0 Å². The molecule has 2 aliphatic rings. The molecule has 0 unspecified atom stereocenters. The van der Waals surface area contributed by atoms with Gasteiger partial charge in [0, 0.05) is 37.3 Å². The van der Waals surface area contributed by atoms with E-state index >= 15 is 0 Å². The topological polar surface area (TPSA) is 52.2 Å². The van der Waals surface area contributed by atoms with Gasteiger partial charge in [-0.25, -0.2) is 4.98 Å². The Balaban J connectivity index is 1.20. The molecule has 0 saturated carbocycles. The molecule has 2 aliphatic heterocycles. The fourth-order valence-corrected chi connectivity index (χ4v) is 5.03. The van der Waals surface area contributed by atoms with Gasteiger partial charge in [-0.05, 0) is 50.8 Å². The molecule has 0 atom stereocenters. The van der Waals surface area contributed by atoms with Crippen molar-refractivity contribution < 1.29 is 0 Å². The number of hydrogen-bond donors (Lipinski definition) is 1. The van der Waals surface area contributed by atoms with E-state index in [0.717, 1.165) is 55.3 Å². The normalized spacial score (nSPS) is 17.9. The van der Waals surface area contributed by atoms with E-state index < -0.39 is 0 Å². The molecule has 3 heterocycles. The lowest BCUT2D eigenvalue weighted by Crippen LogP contribution is -2.41. The van der Waals surface area contributed by atoms with Crippen molar-refractivity contribution in [3.05, 3.63) is 87.3 Å². The van der Waals surface area contributed by atoms with Crippen molar-refractivity contribution in [3.8, 4) is 11.4 Å². The van der Waals surface area contributed by atoms with Crippen LogP contribution in [0.5, 0.6) is 0 Å². The molecule has 0 spiro atoms. The first-order valence-electron chi connectivity index (χ1n) is 11.8. The van der Waals surface area contributed by atoms with Gasteiger partial charge < -0.3 is 4.98 Å². The number of nitrogens with zero attached hydrogens (tertiary/aromatic N) is 3. The fraction of sp³-hybridized carbons (Fsp3) is 0.407. The van der Waals surface area contributed by atoms with Crippen LogP contribution in [-0.4, -0.2) is 45.9 Å². The molecule has 1 N–H and O–H groups in total. The first kappa shape index (κ1) is 21.1. The first-order valence-corrected chi connectivity index (χ1v) is 11.8. The van der Waals surface area contributed by atoms with Gasteiger partial charge in [0.2, 0.25) is 0 Å². The van der Waals surface area contributed by atoms with E-state index in [2.05, 4.69) is 64.2 Å². The Labute approximate surface area is 190 Å². The lowest BCUT2D eigenvalue weighted by molar-refractivity contribution is 0.131. The van der Waals surface area contributed by atoms with Crippen LogP contribution in [0.1, 0.15) is 35.2 Å². The summed E-state index contributed by atoms with van der Waals surface area (Å²) >= 11 is 0. The molecule has 5 rings (SSSR count). The summed E-state index contributed by atoms with van der Waals surface area (Å²) in [6.45, 7) is 8.29. The number of aromatic nitrogens is 2. The fourth-order valence-electron chi connectivity index (χ4n) is 5.03. The number of fused-ring (bicyclic) bond motifs is 1. The second-order valence-electron chi connectivity index (χ2n) is 9.40. The molecule has 1 saturated heterocycles. The summed E-state index contributed by atoms with van der Waals surface area (Å²) < 4.78 is 0. The smallest absolute Gasteiger partial charge is 0.254 e. The molecule has 0 bridgehead atoms. The summed E-state index contributed by atoms with van der Waals surface area (Å²) in [5.41, 5.74) is 5.43. The highest BCUT2D eigenvalue weighted by molar-refractivity contribution is 5.55. The minimum absolute atomic E-state index is 0.0273. The number of aromatic amines is 1. The van der Waals surface area contributed by atoms with Gasteiger partial charge in [-0.15, -0.1) is 0 Å². The lowest BCUT2D eigenvalue weighted by Gasteiger charge is -2.36. The highest BCUT2D eigenvalue weighted by Crippen LogP contribution is 2.24. The Morgan fingerprint density at radius 2 is 1.72 bits per heavy atom. The molecule has 5 nitrogen and oxygen atoms in total. The van der Waals surface area contributed by atoms with Gasteiger partial charge in [-0.2, -0.15) is 0 Å². The van der Waals surface area contributed by atoms with E-state index in [-0.39, 0.29) is 5.56 Å². The van der Waals surface area contributed by atoms with Gasteiger partial charge in [-0.3, -0.25) is 14.6 Å². The van der Waals surface area contributed by atoms with Gasteiger partial charge in [0.05, 0.1) is 5.69 Å². The van der Waals surface area contributed by atoms with Crippen LogP contribution in [0.2, 0.25) is 0 Å². The molecule has 166 valence electrons. The van der Waals surface area contributed by atoms with Crippen LogP contribution in [0.15, 0.2) is 59.4 Å². The molecule has 0 aliphatic carbocycles. The average molecular weight is 429 g/mol. The number of hydrogen-bond acceptors (Lipinski definition) is 4. The van der Waals surface area contributed by atoms with Crippen molar-refractivity contribution in [1.82, 2.24) is 19.8 Å². The summed E-state index contributed by atoms with van der Waals surface area (Å²) in [6.07, 6.45) is 3.28. The molecule has 1 fully saturated rings. The van der Waals surface area contributed by atoms with Crippen LogP contribution >= 0.6 is 0 Å². The zero-order chi connectivity index (χ0) is 21.9. The zero-order valence-electron chi connectivity index (χ0n) is 18.9. The molecule has 0 amide bonds. The highest BCUT2D eigenvalue weighted by atomic mass is 16.1. The van der Waals surface area contributed by atoms with E-state index in [1.54, 1.807) is 0 Å². The SMILES string of the molecule is Cc1ccc(-c2nc3c(c(=O)[nH]2)CCN(CC2CCN(Cc4ccccc4)CC2)C3)cc1. The van der Waals surface area contributed by atoms with E-state index in [1.165, 1.54) is 37.1 Å². The number of likely N-dealkylation sites (tertiary alicyclic amines) is 1. The molecule has 3 aromatic rings. The number of aryl methyl sites for hydroxylation is 1. The van der Waals surface area contributed by atoms with Crippen molar-refractivity contribution in [2.45, 2.75) is 39.3 Å². The second-order valence-corrected chi connectivity index (χ2v) is 9.40. The minimum Gasteiger partial charge on any atom is -0.306 e. The molecular weight excluding hydrogens is 396 g/mol. The summed E-state index contributed by atoms with van der Waals surface area (Å²) in [7, 11) is 0. The second kappa shape index (κ2) is 9.39. The quantitative estimate of drug-likeness (QED) is 0.667. The third-order valence-electron chi connectivity index (χ3n) is 6.95. The van der Waals surface area contributed by atoms with Crippen LogP contribution in [0.4, 0.5) is 0 Å². The summed E-state index contributed by atoms with van der Waals surface area (Å²) in [4.78, 5) is 25.6. The maximum absolute atomic E-state index is 12.7. The predicted octanol–water partition coefficient (Wildman–Crippen LogP) is 4.02. The molecule has 32 heavy (non-hydrogen) atoms. The number of benzene rings is 2. The Hall–Kier alpha value is -2.76. The van der Waals surface area contributed by atoms with Gasteiger partial charge in [0.1, 0.15) is 5.82 Å². The van der Waals surface area contributed by atoms with Crippen LogP contribution in [0.25, 0.3) is 11.4 Å². The summed E-state index contributed by atoms with van der Waals surface area (Å²) in [5, 5.41) is 0. The van der Waals surface area contributed by atoms with Crippen LogP contribution in [-0.2, 0) is 19.5 Å². The van der Waals surface area contributed by atoms with Crippen molar-refractivity contribution in [2.24, 2.45) is 5.92 Å². The van der Waals surface area contributed by atoms with Gasteiger partial charge >= 0.3 is 0 Å². The number of H-pyrrole nitrogens is 1. The minimum atomic E-state index is 0.0273. The van der Waals surface area contributed by atoms with Gasteiger partial charge in [-0.1, -0.05) is 60.2 Å².